The summed E-state index contributed by atoms with van der Waals surface area (Å²) in [5, 5.41) is 2.37. The Hall–Kier alpha value is -0.120. The number of piperidine rings is 1. The van der Waals surface area contributed by atoms with Gasteiger partial charge in [-0.3, -0.25) is 5.43 Å². The summed E-state index contributed by atoms with van der Waals surface area (Å²) >= 11 is 0. The molecule has 3 heteroatoms. The molecule has 2 saturated heterocycles. The van der Waals surface area contributed by atoms with Crippen LogP contribution in [0.4, 0.5) is 0 Å². The predicted molar refractivity (Wildman–Crippen MR) is 57.0 cm³/mol. The third-order valence-corrected chi connectivity index (χ3v) is 3.18. The van der Waals surface area contributed by atoms with Crippen LogP contribution in [0.3, 0.4) is 0 Å². The Labute approximate surface area is 86.8 Å². The molecule has 0 aliphatic carbocycles. The van der Waals surface area contributed by atoms with E-state index in [9.17, 15) is 0 Å². The lowest BCUT2D eigenvalue weighted by Crippen LogP contribution is -2.42. The van der Waals surface area contributed by atoms with Gasteiger partial charge in [-0.15, -0.1) is 0 Å². The fourth-order valence-corrected chi connectivity index (χ4v) is 2.31. The molecule has 0 radical (unpaired) electrons. The molecular weight excluding hydrogens is 176 g/mol. The Balaban J connectivity index is 1.52. The second-order valence-electron chi connectivity index (χ2n) is 4.38. The van der Waals surface area contributed by atoms with Crippen LogP contribution in [0, 0.1) is 0 Å². The first-order valence-electron chi connectivity index (χ1n) is 6.05. The largest absolute Gasteiger partial charge is 0.378 e. The Bertz CT molecular complexity index is 151. The van der Waals surface area contributed by atoms with E-state index >= 15 is 0 Å². The summed E-state index contributed by atoms with van der Waals surface area (Å²) < 4.78 is 5.58. The van der Waals surface area contributed by atoms with Crippen LogP contribution in [-0.2, 0) is 4.74 Å². The van der Waals surface area contributed by atoms with Crippen LogP contribution in [0.2, 0.25) is 0 Å². The SMILES string of the molecule is C1CCN(NCCC2CCCO2)CC1. The number of hydrogen-bond acceptors (Lipinski definition) is 3. The van der Waals surface area contributed by atoms with Crippen LogP contribution in [-0.4, -0.2) is 37.4 Å². The summed E-state index contributed by atoms with van der Waals surface area (Å²) in [6.07, 6.45) is 8.35. The highest BCUT2D eigenvalue weighted by atomic mass is 16.5. The maximum atomic E-state index is 5.58. The molecule has 3 nitrogen and oxygen atoms in total. The summed E-state index contributed by atoms with van der Waals surface area (Å²) in [5.41, 5.74) is 3.50. The predicted octanol–water partition coefficient (Wildman–Crippen LogP) is 1.55. The molecule has 14 heavy (non-hydrogen) atoms. The van der Waals surface area contributed by atoms with Crippen molar-refractivity contribution in [3.63, 3.8) is 0 Å². The molecule has 82 valence electrons. The van der Waals surface area contributed by atoms with Gasteiger partial charge in [-0.25, -0.2) is 5.01 Å². The zero-order valence-electron chi connectivity index (χ0n) is 9.00. The van der Waals surface area contributed by atoms with Crippen LogP contribution < -0.4 is 5.43 Å². The summed E-state index contributed by atoms with van der Waals surface area (Å²) in [4.78, 5) is 0. The number of hydrazine groups is 1. The van der Waals surface area contributed by atoms with Gasteiger partial charge in [0.15, 0.2) is 0 Å². The van der Waals surface area contributed by atoms with Gasteiger partial charge in [-0.1, -0.05) is 6.42 Å². The average Bonchev–Trinajstić information content (AvgIpc) is 2.72. The van der Waals surface area contributed by atoms with Crippen molar-refractivity contribution in [2.45, 2.75) is 44.6 Å². The van der Waals surface area contributed by atoms with Gasteiger partial charge in [0.2, 0.25) is 0 Å². The number of nitrogens with zero attached hydrogens (tertiary/aromatic N) is 1. The zero-order valence-corrected chi connectivity index (χ0v) is 9.00. The van der Waals surface area contributed by atoms with Crippen LogP contribution >= 0.6 is 0 Å². The van der Waals surface area contributed by atoms with Gasteiger partial charge in [0, 0.05) is 26.2 Å². The Morgan fingerprint density at radius 3 is 2.71 bits per heavy atom. The normalized spacial score (nSPS) is 29.6. The highest BCUT2D eigenvalue weighted by Gasteiger charge is 2.15. The first-order valence-corrected chi connectivity index (χ1v) is 6.05. The van der Waals surface area contributed by atoms with Gasteiger partial charge in [0.05, 0.1) is 6.10 Å². The van der Waals surface area contributed by atoms with E-state index in [4.69, 9.17) is 4.74 Å². The van der Waals surface area contributed by atoms with Crippen molar-refractivity contribution >= 4 is 0 Å². The molecule has 1 N–H and O–H groups in total. The van der Waals surface area contributed by atoms with Gasteiger partial charge < -0.3 is 4.74 Å². The number of rotatable bonds is 4. The van der Waals surface area contributed by atoms with Gasteiger partial charge in [0.1, 0.15) is 0 Å². The minimum Gasteiger partial charge on any atom is -0.378 e. The van der Waals surface area contributed by atoms with E-state index in [-0.39, 0.29) is 0 Å². The molecule has 2 heterocycles. The van der Waals surface area contributed by atoms with Crippen molar-refractivity contribution in [3.05, 3.63) is 0 Å². The quantitative estimate of drug-likeness (QED) is 0.741. The van der Waals surface area contributed by atoms with Gasteiger partial charge >= 0.3 is 0 Å². The lowest BCUT2D eigenvalue weighted by atomic mass is 10.1. The molecule has 1 atom stereocenters. The molecule has 0 aromatic heterocycles. The number of ether oxygens (including phenoxy) is 1. The van der Waals surface area contributed by atoms with E-state index in [1.54, 1.807) is 0 Å². The van der Waals surface area contributed by atoms with Gasteiger partial charge in [-0.05, 0) is 32.1 Å². The average molecular weight is 198 g/mol. The second kappa shape index (κ2) is 5.69. The van der Waals surface area contributed by atoms with Crippen LogP contribution in [0.25, 0.3) is 0 Å². The summed E-state index contributed by atoms with van der Waals surface area (Å²) in [7, 11) is 0. The van der Waals surface area contributed by atoms with Crippen molar-refractivity contribution in [2.24, 2.45) is 0 Å². The number of hydrogen-bond donors (Lipinski definition) is 1. The van der Waals surface area contributed by atoms with E-state index < -0.39 is 0 Å². The fraction of sp³-hybridized carbons (Fsp3) is 1.00. The third-order valence-electron chi connectivity index (χ3n) is 3.18. The molecule has 2 aliphatic heterocycles. The van der Waals surface area contributed by atoms with Crippen molar-refractivity contribution < 1.29 is 4.74 Å². The highest BCUT2D eigenvalue weighted by molar-refractivity contribution is 4.66. The molecule has 0 spiro atoms. The van der Waals surface area contributed by atoms with E-state index in [0.717, 1.165) is 13.2 Å². The maximum absolute atomic E-state index is 5.58. The number of nitrogens with one attached hydrogen (secondary N) is 1. The smallest absolute Gasteiger partial charge is 0.0588 e. The molecule has 1 unspecified atom stereocenters. The van der Waals surface area contributed by atoms with Crippen LogP contribution in [0.1, 0.15) is 38.5 Å². The molecule has 2 fully saturated rings. The lowest BCUT2D eigenvalue weighted by molar-refractivity contribution is 0.0897. The molecule has 2 aliphatic rings. The fourth-order valence-electron chi connectivity index (χ4n) is 2.31. The molecule has 2 rings (SSSR count). The highest BCUT2D eigenvalue weighted by Crippen LogP contribution is 2.14. The Morgan fingerprint density at radius 1 is 1.14 bits per heavy atom. The van der Waals surface area contributed by atoms with Crippen molar-refractivity contribution in [3.8, 4) is 0 Å². The summed E-state index contributed by atoms with van der Waals surface area (Å²) in [6, 6.07) is 0. The van der Waals surface area contributed by atoms with E-state index in [0.29, 0.717) is 6.10 Å². The molecular formula is C11H22N2O. The standard InChI is InChI=1S/C11H22N2O/c1-2-8-13(9-3-1)12-7-6-11-5-4-10-14-11/h11-12H,1-10H2. The first kappa shape index (κ1) is 10.4. The van der Waals surface area contributed by atoms with Crippen molar-refractivity contribution in [1.29, 1.82) is 0 Å². The maximum Gasteiger partial charge on any atom is 0.0588 e. The van der Waals surface area contributed by atoms with Crippen LogP contribution in [0.5, 0.6) is 0 Å². The minimum atomic E-state index is 0.535. The van der Waals surface area contributed by atoms with Crippen molar-refractivity contribution in [1.82, 2.24) is 10.4 Å². The van der Waals surface area contributed by atoms with Crippen molar-refractivity contribution in [2.75, 3.05) is 26.2 Å². The van der Waals surface area contributed by atoms with E-state index in [1.165, 1.54) is 51.6 Å². The second-order valence-corrected chi connectivity index (χ2v) is 4.38. The lowest BCUT2D eigenvalue weighted by Gasteiger charge is -2.27. The molecule has 0 aromatic carbocycles. The third kappa shape index (κ3) is 3.23. The molecule has 0 aromatic rings. The van der Waals surface area contributed by atoms with Gasteiger partial charge in [-0.2, -0.15) is 0 Å². The summed E-state index contributed by atoms with van der Waals surface area (Å²) in [5.74, 6) is 0. The van der Waals surface area contributed by atoms with Crippen LogP contribution in [0.15, 0.2) is 0 Å². The van der Waals surface area contributed by atoms with E-state index in [2.05, 4.69) is 10.4 Å². The minimum absolute atomic E-state index is 0.535. The molecule has 0 amide bonds. The Morgan fingerprint density at radius 2 is 2.00 bits per heavy atom. The Kier molecular flexibility index (Phi) is 4.22. The topological polar surface area (TPSA) is 24.5 Å². The van der Waals surface area contributed by atoms with E-state index in [1.807, 2.05) is 0 Å². The van der Waals surface area contributed by atoms with Gasteiger partial charge in [0.25, 0.3) is 0 Å². The summed E-state index contributed by atoms with van der Waals surface area (Å²) in [6.45, 7) is 4.52. The first-order chi connectivity index (χ1) is 6.95. The molecule has 0 bridgehead atoms. The monoisotopic (exact) mass is 198 g/mol. The zero-order chi connectivity index (χ0) is 9.64. The molecule has 0 saturated carbocycles.